The fourth-order valence-electron chi connectivity index (χ4n) is 3.29. The Morgan fingerprint density at radius 2 is 1.86 bits per heavy atom. The molecule has 36 heavy (non-hydrogen) atoms. The lowest BCUT2D eigenvalue weighted by Crippen LogP contribution is -2.48. The number of carbonyl (C=O) groups is 2. The summed E-state index contributed by atoms with van der Waals surface area (Å²) >= 11 is 0. The monoisotopic (exact) mass is 505 g/mol. The molecule has 2 amide bonds. The first-order valence-corrected chi connectivity index (χ1v) is 10.7. The van der Waals surface area contributed by atoms with Gasteiger partial charge in [0.15, 0.2) is 5.69 Å². The van der Waals surface area contributed by atoms with Gasteiger partial charge in [0.1, 0.15) is 5.75 Å². The molecule has 0 spiro atoms. The van der Waals surface area contributed by atoms with Crippen LogP contribution in [0.5, 0.6) is 5.75 Å². The summed E-state index contributed by atoms with van der Waals surface area (Å²) in [6.07, 6.45) is -3.09. The Bertz CT molecular complexity index is 1190. The van der Waals surface area contributed by atoms with Gasteiger partial charge in [0, 0.05) is 6.54 Å². The molecule has 1 aromatic heterocycles. The molecule has 0 bridgehead atoms. The highest BCUT2D eigenvalue weighted by molar-refractivity contribution is 6.43. The maximum Gasteiger partial charge on any atom is 0.475 e. The molecule has 3 aromatic rings. The first-order chi connectivity index (χ1) is 17.1. The van der Waals surface area contributed by atoms with Gasteiger partial charge < -0.3 is 25.4 Å². The Morgan fingerprint density at radius 3 is 2.50 bits per heavy atom. The second-order valence-corrected chi connectivity index (χ2v) is 7.72. The quantitative estimate of drug-likeness (QED) is 0.303. The number of nitrogens with zero attached hydrogens (tertiary/aromatic N) is 3. The van der Waals surface area contributed by atoms with Crippen LogP contribution >= 0.6 is 0 Å². The van der Waals surface area contributed by atoms with Crippen LogP contribution in [0.4, 0.5) is 13.2 Å². The Kier molecular flexibility index (Phi) is 8.66. The van der Waals surface area contributed by atoms with E-state index in [4.69, 9.17) is 4.74 Å². The van der Waals surface area contributed by atoms with E-state index < -0.39 is 36.6 Å². The van der Waals surface area contributed by atoms with Crippen molar-refractivity contribution >= 4 is 18.9 Å². The van der Waals surface area contributed by atoms with Crippen molar-refractivity contribution in [3.05, 3.63) is 77.1 Å². The average Bonchev–Trinajstić information content (AvgIpc) is 3.32. The lowest BCUT2D eigenvalue weighted by molar-refractivity contribution is -0.137. The molecule has 1 atom stereocenters. The third kappa shape index (κ3) is 7.05. The largest absolute Gasteiger partial charge is 0.496 e. The fourth-order valence-corrected chi connectivity index (χ4v) is 3.29. The van der Waals surface area contributed by atoms with E-state index in [0.717, 1.165) is 30.9 Å². The van der Waals surface area contributed by atoms with Crippen molar-refractivity contribution in [3.63, 3.8) is 0 Å². The molecule has 2 aromatic carbocycles. The van der Waals surface area contributed by atoms with Crippen molar-refractivity contribution in [3.8, 4) is 5.75 Å². The van der Waals surface area contributed by atoms with Crippen LogP contribution in [0.3, 0.4) is 0 Å². The van der Waals surface area contributed by atoms with Crippen molar-refractivity contribution in [2.75, 3.05) is 13.7 Å². The number of nitrogens with one attached hydrogen (secondary N) is 2. The Morgan fingerprint density at radius 1 is 1.14 bits per heavy atom. The fraction of sp³-hybridized carbons (Fsp3) is 0.273. The summed E-state index contributed by atoms with van der Waals surface area (Å²) < 4.78 is 44.8. The number of hydrogen-bond donors (Lipinski definition) is 4. The Balaban J connectivity index is 1.55. The van der Waals surface area contributed by atoms with Crippen LogP contribution in [0.15, 0.2) is 54.7 Å². The average molecular weight is 505 g/mol. The van der Waals surface area contributed by atoms with Crippen molar-refractivity contribution in [2.24, 2.45) is 0 Å². The summed E-state index contributed by atoms with van der Waals surface area (Å²) in [5.41, 5.74) is -0.301. The lowest BCUT2D eigenvalue weighted by Gasteiger charge is -2.17. The summed E-state index contributed by atoms with van der Waals surface area (Å²) in [5.74, 6) is -2.53. The van der Waals surface area contributed by atoms with Gasteiger partial charge in [-0.25, -0.2) is 4.68 Å². The molecule has 0 saturated heterocycles. The molecule has 0 aliphatic carbocycles. The van der Waals surface area contributed by atoms with E-state index in [0.29, 0.717) is 0 Å². The highest BCUT2D eigenvalue weighted by Crippen LogP contribution is 2.33. The van der Waals surface area contributed by atoms with E-state index in [1.807, 2.05) is 6.07 Å². The summed E-state index contributed by atoms with van der Waals surface area (Å²) in [6.45, 7) is 0.129. The highest BCUT2D eigenvalue weighted by atomic mass is 19.4. The van der Waals surface area contributed by atoms with Gasteiger partial charge in [0.2, 0.25) is 0 Å². The van der Waals surface area contributed by atoms with Gasteiger partial charge in [-0.1, -0.05) is 35.5 Å². The van der Waals surface area contributed by atoms with E-state index >= 15 is 0 Å². The molecule has 4 N–H and O–H groups in total. The number of halogens is 3. The van der Waals surface area contributed by atoms with Gasteiger partial charge in [-0.2, -0.15) is 13.2 Å². The van der Waals surface area contributed by atoms with Crippen LogP contribution in [-0.4, -0.2) is 63.6 Å². The zero-order valence-corrected chi connectivity index (χ0v) is 19.1. The molecule has 0 fully saturated rings. The molecule has 10 nitrogen and oxygen atoms in total. The van der Waals surface area contributed by atoms with Gasteiger partial charge in [-0.05, 0) is 30.2 Å². The maximum absolute atomic E-state index is 12.9. The number of benzene rings is 2. The maximum atomic E-state index is 12.9. The standard InChI is InChI=1S/C22H23BF3N5O5/c1-36-18-12-15(22(24,25)26)7-8-16(18)20(32)27-9-10-31-13-17(29-30-31)21(33)28-19(23(34)35)11-14-5-3-2-4-6-14/h2-8,12-13,19,34-35H,9-11H2,1H3,(H,27,32)(H,28,33). The molecule has 0 saturated carbocycles. The number of carbonyl (C=O) groups excluding carboxylic acids is 2. The predicted octanol–water partition coefficient (Wildman–Crippen LogP) is 1.09. The second kappa shape index (κ2) is 11.7. The van der Waals surface area contributed by atoms with Crippen LogP contribution < -0.4 is 15.4 Å². The first kappa shape index (κ1) is 26.7. The highest BCUT2D eigenvalue weighted by Gasteiger charge is 2.32. The number of hydrogen-bond acceptors (Lipinski definition) is 7. The van der Waals surface area contributed by atoms with E-state index in [9.17, 15) is 32.8 Å². The minimum Gasteiger partial charge on any atom is -0.496 e. The van der Waals surface area contributed by atoms with Crippen LogP contribution in [0, 0.1) is 0 Å². The molecule has 1 unspecified atom stereocenters. The summed E-state index contributed by atoms with van der Waals surface area (Å²) in [7, 11) is -0.643. The molecular formula is C22H23BF3N5O5. The molecule has 0 aliphatic rings. The molecular weight excluding hydrogens is 482 g/mol. The Hall–Kier alpha value is -3.91. The van der Waals surface area contributed by atoms with E-state index in [2.05, 4.69) is 20.9 Å². The van der Waals surface area contributed by atoms with Gasteiger partial charge in [-0.15, -0.1) is 5.10 Å². The third-order valence-corrected chi connectivity index (χ3v) is 5.15. The van der Waals surface area contributed by atoms with Crippen LogP contribution in [-0.2, 0) is 19.1 Å². The normalized spacial score (nSPS) is 12.1. The molecule has 14 heteroatoms. The third-order valence-electron chi connectivity index (χ3n) is 5.15. The van der Waals surface area contributed by atoms with Gasteiger partial charge in [-0.3, -0.25) is 9.59 Å². The van der Waals surface area contributed by atoms with Crippen molar-refractivity contribution in [1.29, 1.82) is 0 Å². The molecule has 190 valence electrons. The minimum absolute atomic E-state index is 0.0272. The zero-order chi connectivity index (χ0) is 26.3. The van der Waals surface area contributed by atoms with Gasteiger partial charge >= 0.3 is 13.3 Å². The minimum atomic E-state index is -4.57. The first-order valence-electron chi connectivity index (χ1n) is 10.7. The van der Waals surface area contributed by atoms with E-state index in [1.54, 1.807) is 24.3 Å². The van der Waals surface area contributed by atoms with Crippen molar-refractivity contribution in [1.82, 2.24) is 25.6 Å². The van der Waals surface area contributed by atoms with E-state index in [-0.39, 0.29) is 36.5 Å². The topological polar surface area (TPSA) is 139 Å². The van der Waals surface area contributed by atoms with Crippen LogP contribution in [0.2, 0.25) is 0 Å². The number of ether oxygens (including phenoxy) is 1. The smallest absolute Gasteiger partial charge is 0.475 e. The van der Waals surface area contributed by atoms with E-state index in [1.165, 1.54) is 10.9 Å². The molecule has 3 rings (SSSR count). The number of amides is 2. The summed E-state index contributed by atoms with van der Waals surface area (Å²) in [5, 5.41) is 31.8. The van der Waals surface area contributed by atoms with Crippen molar-refractivity contribution in [2.45, 2.75) is 25.1 Å². The van der Waals surface area contributed by atoms with Gasteiger partial charge in [0.25, 0.3) is 11.8 Å². The second-order valence-electron chi connectivity index (χ2n) is 7.72. The number of rotatable bonds is 10. The molecule has 0 radical (unpaired) electrons. The lowest BCUT2D eigenvalue weighted by atomic mass is 9.76. The van der Waals surface area contributed by atoms with Crippen LogP contribution in [0.1, 0.15) is 32.0 Å². The summed E-state index contributed by atoms with van der Waals surface area (Å²) in [6, 6.07) is 11.5. The summed E-state index contributed by atoms with van der Waals surface area (Å²) in [4.78, 5) is 24.9. The van der Waals surface area contributed by atoms with Crippen LogP contribution in [0.25, 0.3) is 0 Å². The Labute approximate surface area is 204 Å². The number of methoxy groups -OCH3 is 1. The number of aromatic nitrogens is 3. The molecule has 1 heterocycles. The SMILES string of the molecule is COc1cc(C(F)(F)F)ccc1C(=O)NCCn1cc(C(=O)NC(Cc2ccccc2)B(O)O)nn1. The zero-order valence-electron chi connectivity index (χ0n) is 19.1. The molecule has 0 aliphatic heterocycles. The number of alkyl halides is 3. The van der Waals surface area contributed by atoms with Crippen molar-refractivity contribution < 1.29 is 37.5 Å². The predicted molar refractivity (Wildman–Crippen MR) is 122 cm³/mol. The van der Waals surface area contributed by atoms with Gasteiger partial charge in [0.05, 0.1) is 36.9 Å².